The number of hydrogen-bond donors (Lipinski definition) is 0. The molecule has 4 heteroatoms. The van der Waals surface area contributed by atoms with E-state index < -0.39 is 6.60 Å². The first-order valence-corrected chi connectivity index (χ1v) is 13.4. The second-order valence-electron chi connectivity index (χ2n) is 8.41. The van der Waals surface area contributed by atoms with Crippen molar-refractivity contribution in [2.75, 3.05) is 6.66 Å². The molecule has 0 amide bonds. The minimum Gasteiger partial charge on any atom is -0.147 e. The monoisotopic (exact) mass is 469 g/mol. The van der Waals surface area contributed by atoms with E-state index >= 15 is 0 Å². The van der Waals surface area contributed by atoms with Crippen molar-refractivity contribution >= 4 is 51.2 Å². The third-order valence-electron chi connectivity index (χ3n) is 6.72. The maximum atomic E-state index is 9.47. The molecule has 0 N–H and O–H groups in total. The van der Waals surface area contributed by atoms with Gasteiger partial charge in [0.2, 0.25) is 0 Å². The van der Waals surface area contributed by atoms with Gasteiger partial charge in [-0.1, -0.05) is 0 Å². The predicted octanol–water partition coefficient (Wildman–Crippen LogP) is 5.82. The molecule has 0 aliphatic rings. The number of furan rings is 1. The van der Waals surface area contributed by atoms with Gasteiger partial charge >= 0.3 is 189 Å². The minimum atomic E-state index is -3.25. The van der Waals surface area contributed by atoms with E-state index in [4.69, 9.17) is 4.42 Å². The number of rotatable bonds is 4. The standard InChI is InChI=1S/C29H24NOP.ClH/c1-22-28-20-23(21-30)18-19-27(28)29(31-22)32(2,24-12-6-3-7-13-24,25-14-8-4-9-15-25)26-16-10-5-11-17-26;/h3-20H,1-2H3;1H. The van der Waals surface area contributed by atoms with Gasteiger partial charge in [-0.2, -0.15) is 0 Å². The van der Waals surface area contributed by atoms with Crippen LogP contribution in [-0.2, 0) is 0 Å². The van der Waals surface area contributed by atoms with E-state index in [0.29, 0.717) is 5.56 Å². The molecule has 1 heterocycles. The first-order valence-electron chi connectivity index (χ1n) is 10.7. The van der Waals surface area contributed by atoms with Crippen LogP contribution in [0.5, 0.6) is 0 Å². The molecule has 4 aromatic carbocycles. The summed E-state index contributed by atoms with van der Waals surface area (Å²) in [6.07, 6.45) is 0. The van der Waals surface area contributed by atoms with Crippen molar-refractivity contribution in [2.45, 2.75) is 6.92 Å². The predicted molar refractivity (Wildman–Crippen MR) is 144 cm³/mol. The Morgan fingerprint density at radius 2 is 1.12 bits per heavy atom. The molecule has 33 heavy (non-hydrogen) atoms. The van der Waals surface area contributed by atoms with Gasteiger partial charge in [-0.25, -0.2) is 0 Å². The van der Waals surface area contributed by atoms with Gasteiger partial charge in [0.25, 0.3) is 0 Å². The molecule has 0 aliphatic carbocycles. The van der Waals surface area contributed by atoms with Crippen LogP contribution in [0.2, 0.25) is 0 Å². The number of aryl methyl sites for hydroxylation is 1. The Bertz CT molecular complexity index is 1350. The zero-order valence-electron chi connectivity index (χ0n) is 18.6. The molecule has 1 aromatic heterocycles. The number of nitriles is 1. The maximum Gasteiger partial charge on any atom is -0.147 e. The summed E-state index contributed by atoms with van der Waals surface area (Å²) in [6, 6.07) is 40.4. The summed E-state index contributed by atoms with van der Waals surface area (Å²) in [5.74, 6) is 0.839. The Hall–Kier alpha value is -3.37. The van der Waals surface area contributed by atoms with Gasteiger partial charge in [0.1, 0.15) is 0 Å². The Kier molecular flexibility index (Phi) is 5.89. The molecule has 164 valence electrons. The van der Waals surface area contributed by atoms with Gasteiger partial charge in [0.15, 0.2) is 0 Å². The quantitative estimate of drug-likeness (QED) is 0.311. The molecular weight excluding hydrogens is 445 g/mol. The van der Waals surface area contributed by atoms with Crippen molar-refractivity contribution in [1.29, 1.82) is 5.26 Å². The summed E-state index contributed by atoms with van der Waals surface area (Å²) in [6.45, 7) is 1.14. The molecule has 0 bridgehead atoms. The summed E-state index contributed by atoms with van der Waals surface area (Å²) in [4.78, 5) is 0. The Labute approximate surface area is 200 Å². The van der Waals surface area contributed by atoms with Gasteiger partial charge in [-0.15, -0.1) is 12.4 Å². The van der Waals surface area contributed by atoms with Crippen LogP contribution in [0.1, 0.15) is 11.3 Å². The topological polar surface area (TPSA) is 36.9 Å². The normalized spacial score (nSPS) is 12.3. The molecule has 0 radical (unpaired) electrons. The number of halogens is 1. The first-order chi connectivity index (χ1) is 15.6. The van der Waals surface area contributed by atoms with Crippen LogP contribution in [0.3, 0.4) is 0 Å². The number of fused-ring (bicyclic) bond motifs is 1. The van der Waals surface area contributed by atoms with Crippen LogP contribution >= 0.6 is 19.0 Å². The number of nitrogens with zero attached hydrogens (tertiary/aromatic N) is 1. The molecule has 0 unspecified atom stereocenters. The van der Waals surface area contributed by atoms with Crippen molar-refractivity contribution in [2.24, 2.45) is 0 Å². The smallest absolute Gasteiger partial charge is 0.147 e. The SMILES string of the molecule is Cc1oc(P(C)(c2ccccc2)(c2ccccc2)c2ccccc2)c2ccc(C#N)cc12.Cl. The zero-order valence-corrected chi connectivity index (χ0v) is 20.3. The third-order valence-corrected chi connectivity index (χ3v) is 12.8. The van der Waals surface area contributed by atoms with Crippen molar-refractivity contribution in [3.63, 3.8) is 0 Å². The van der Waals surface area contributed by atoms with E-state index in [9.17, 15) is 5.26 Å². The largest absolute Gasteiger partial charge is 0.147 e. The van der Waals surface area contributed by atoms with Gasteiger partial charge in [-0.05, 0) is 0 Å². The maximum absolute atomic E-state index is 9.47. The number of benzene rings is 4. The molecule has 5 rings (SSSR count). The minimum absolute atomic E-state index is 0. The molecule has 0 saturated carbocycles. The Morgan fingerprint density at radius 1 is 0.667 bits per heavy atom. The molecule has 0 aliphatic heterocycles. The van der Waals surface area contributed by atoms with Crippen LogP contribution in [-0.4, -0.2) is 6.66 Å². The zero-order chi connectivity index (χ0) is 22.2. The number of hydrogen-bond acceptors (Lipinski definition) is 2. The first kappa shape index (κ1) is 22.8. The molecule has 5 aromatic rings. The summed E-state index contributed by atoms with van der Waals surface area (Å²) in [5.41, 5.74) is 1.63. The molecular formula is C29H25ClNOP. The van der Waals surface area contributed by atoms with E-state index in [1.165, 1.54) is 15.9 Å². The van der Waals surface area contributed by atoms with Crippen molar-refractivity contribution in [3.8, 4) is 6.07 Å². The fraction of sp³-hybridized carbons (Fsp3) is 0.0690. The third kappa shape index (κ3) is 3.20. The van der Waals surface area contributed by atoms with E-state index in [2.05, 4.69) is 110 Å². The Morgan fingerprint density at radius 3 is 1.55 bits per heavy atom. The average molecular weight is 470 g/mol. The summed E-state index contributed by atoms with van der Waals surface area (Å²) in [7, 11) is 0. The van der Waals surface area contributed by atoms with Crippen molar-refractivity contribution in [1.82, 2.24) is 0 Å². The van der Waals surface area contributed by atoms with Gasteiger partial charge in [-0.3, -0.25) is 0 Å². The van der Waals surface area contributed by atoms with Crippen LogP contribution in [0.4, 0.5) is 0 Å². The fourth-order valence-electron chi connectivity index (χ4n) is 4.96. The van der Waals surface area contributed by atoms with Crippen molar-refractivity contribution in [3.05, 3.63) is 121 Å². The second kappa shape index (κ2) is 8.53. The average Bonchev–Trinajstić information content (AvgIpc) is 3.21. The van der Waals surface area contributed by atoms with Crippen LogP contribution in [0.15, 0.2) is 114 Å². The molecule has 0 fully saturated rings. The second-order valence-corrected chi connectivity index (χ2v) is 13.5. The molecule has 2 nitrogen and oxygen atoms in total. The van der Waals surface area contributed by atoms with Crippen LogP contribution < -0.4 is 21.4 Å². The van der Waals surface area contributed by atoms with E-state index in [1.807, 2.05) is 19.1 Å². The van der Waals surface area contributed by atoms with E-state index in [-0.39, 0.29) is 12.4 Å². The van der Waals surface area contributed by atoms with Gasteiger partial charge < -0.3 is 0 Å². The van der Waals surface area contributed by atoms with E-state index in [0.717, 1.165) is 22.0 Å². The van der Waals surface area contributed by atoms with Crippen LogP contribution in [0, 0.1) is 18.3 Å². The van der Waals surface area contributed by atoms with Crippen molar-refractivity contribution < 1.29 is 4.42 Å². The summed E-state index contributed by atoms with van der Waals surface area (Å²) in [5, 5.41) is 15.3. The molecule has 0 atom stereocenters. The molecule has 0 spiro atoms. The van der Waals surface area contributed by atoms with Gasteiger partial charge in [0, 0.05) is 0 Å². The van der Waals surface area contributed by atoms with Gasteiger partial charge in [0.05, 0.1) is 0 Å². The Balaban J connectivity index is 0.00000259. The summed E-state index contributed by atoms with van der Waals surface area (Å²) < 4.78 is 6.74. The summed E-state index contributed by atoms with van der Waals surface area (Å²) >= 11 is 0. The van der Waals surface area contributed by atoms with E-state index in [1.54, 1.807) is 0 Å². The fourth-order valence-corrected chi connectivity index (χ4v) is 10.5. The van der Waals surface area contributed by atoms with Crippen LogP contribution in [0.25, 0.3) is 10.8 Å². The molecule has 0 saturated heterocycles.